The van der Waals surface area contributed by atoms with Gasteiger partial charge in [0.15, 0.2) is 5.13 Å². The van der Waals surface area contributed by atoms with E-state index in [0.29, 0.717) is 0 Å². The van der Waals surface area contributed by atoms with Crippen LogP contribution in [0.2, 0.25) is 0 Å². The third kappa shape index (κ3) is 3.46. The first-order chi connectivity index (χ1) is 10.3. The van der Waals surface area contributed by atoms with Crippen molar-refractivity contribution in [3.8, 4) is 0 Å². The zero-order valence-corrected chi connectivity index (χ0v) is 12.4. The lowest BCUT2D eigenvalue weighted by Crippen LogP contribution is -2.48. The molecule has 0 spiro atoms. The van der Waals surface area contributed by atoms with Crippen LogP contribution in [0.4, 0.5) is 5.13 Å². The van der Waals surface area contributed by atoms with Crippen LogP contribution in [-0.2, 0) is 4.79 Å². The van der Waals surface area contributed by atoms with Crippen LogP contribution in [-0.4, -0.2) is 47.0 Å². The topological polar surface area (TPSA) is 49.3 Å². The average molecular weight is 300 g/mol. The minimum Gasteiger partial charge on any atom is -0.345 e. The molecule has 1 aliphatic rings. The number of carbonyl (C=O) groups is 1. The zero-order chi connectivity index (χ0) is 14.5. The Balaban J connectivity index is 1.54. The van der Waals surface area contributed by atoms with Gasteiger partial charge in [-0.2, -0.15) is 0 Å². The lowest BCUT2D eigenvalue weighted by atomic mass is 10.2. The molecule has 2 aromatic heterocycles. The second-order valence-electron chi connectivity index (χ2n) is 4.75. The van der Waals surface area contributed by atoms with E-state index in [4.69, 9.17) is 0 Å². The summed E-state index contributed by atoms with van der Waals surface area (Å²) in [5, 5.41) is 3.01. The molecule has 0 unspecified atom stereocenters. The van der Waals surface area contributed by atoms with Gasteiger partial charge in [-0.3, -0.25) is 9.78 Å². The predicted molar refractivity (Wildman–Crippen MR) is 84.2 cm³/mol. The molecule has 0 bridgehead atoms. The maximum absolute atomic E-state index is 12.2. The number of thiazole rings is 1. The van der Waals surface area contributed by atoms with Crippen molar-refractivity contribution in [2.75, 3.05) is 31.1 Å². The highest BCUT2D eigenvalue weighted by Crippen LogP contribution is 2.18. The van der Waals surface area contributed by atoms with Crippen molar-refractivity contribution in [1.29, 1.82) is 0 Å². The number of nitrogens with zero attached hydrogens (tertiary/aromatic N) is 4. The number of hydrogen-bond acceptors (Lipinski definition) is 5. The Bertz CT molecular complexity index is 604. The van der Waals surface area contributed by atoms with E-state index in [-0.39, 0.29) is 5.91 Å². The molecular weight excluding hydrogens is 284 g/mol. The molecule has 21 heavy (non-hydrogen) atoms. The largest absolute Gasteiger partial charge is 0.345 e. The third-order valence-electron chi connectivity index (χ3n) is 3.38. The maximum Gasteiger partial charge on any atom is 0.246 e. The minimum absolute atomic E-state index is 0.0534. The molecule has 0 saturated carbocycles. The normalized spacial score (nSPS) is 15.6. The SMILES string of the molecule is O=C(/C=C/c1cccnc1)N1CCN(c2nccs2)CC1. The van der Waals surface area contributed by atoms with Gasteiger partial charge < -0.3 is 9.80 Å². The van der Waals surface area contributed by atoms with Crippen LogP contribution in [0.5, 0.6) is 0 Å². The van der Waals surface area contributed by atoms with E-state index in [0.717, 1.165) is 36.9 Å². The maximum atomic E-state index is 12.2. The van der Waals surface area contributed by atoms with Crippen molar-refractivity contribution in [2.45, 2.75) is 0 Å². The molecule has 1 fully saturated rings. The van der Waals surface area contributed by atoms with E-state index in [2.05, 4.69) is 14.9 Å². The first-order valence-corrected chi connectivity index (χ1v) is 7.72. The summed E-state index contributed by atoms with van der Waals surface area (Å²) in [6.45, 7) is 3.13. The van der Waals surface area contributed by atoms with Gasteiger partial charge in [0.2, 0.25) is 5.91 Å². The first-order valence-electron chi connectivity index (χ1n) is 6.84. The zero-order valence-electron chi connectivity index (χ0n) is 11.6. The Hall–Kier alpha value is -2.21. The van der Waals surface area contributed by atoms with E-state index in [1.807, 2.05) is 34.7 Å². The van der Waals surface area contributed by atoms with Crippen molar-refractivity contribution in [3.63, 3.8) is 0 Å². The van der Waals surface area contributed by atoms with Gasteiger partial charge in [-0.05, 0) is 17.7 Å². The monoisotopic (exact) mass is 300 g/mol. The van der Waals surface area contributed by atoms with Crippen molar-refractivity contribution in [3.05, 3.63) is 47.7 Å². The second-order valence-corrected chi connectivity index (χ2v) is 5.62. The molecule has 3 heterocycles. The van der Waals surface area contributed by atoms with Gasteiger partial charge in [-0.25, -0.2) is 4.98 Å². The standard InChI is InChI=1S/C15H16N4OS/c20-14(4-3-13-2-1-5-16-12-13)18-7-9-19(10-8-18)15-17-6-11-21-15/h1-6,11-12H,7-10H2/b4-3+. The fourth-order valence-corrected chi connectivity index (χ4v) is 2.93. The lowest BCUT2D eigenvalue weighted by molar-refractivity contribution is -0.126. The van der Waals surface area contributed by atoms with E-state index in [9.17, 15) is 4.79 Å². The highest BCUT2D eigenvalue weighted by molar-refractivity contribution is 7.13. The Morgan fingerprint density at radius 2 is 2.10 bits per heavy atom. The van der Waals surface area contributed by atoms with Gasteiger partial charge in [0.1, 0.15) is 0 Å². The molecule has 5 nitrogen and oxygen atoms in total. The molecule has 0 radical (unpaired) electrons. The first kappa shape index (κ1) is 13.8. The Morgan fingerprint density at radius 3 is 2.76 bits per heavy atom. The molecule has 1 aliphatic heterocycles. The van der Waals surface area contributed by atoms with Crippen molar-refractivity contribution in [2.24, 2.45) is 0 Å². The summed E-state index contributed by atoms with van der Waals surface area (Å²) in [6, 6.07) is 3.79. The molecule has 3 rings (SSSR count). The number of anilines is 1. The lowest BCUT2D eigenvalue weighted by Gasteiger charge is -2.34. The number of pyridine rings is 1. The molecule has 6 heteroatoms. The van der Waals surface area contributed by atoms with Crippen molar-refractivity contribution < 1.29 is 4.79 Å². The number of hydrogen-bond donors (Lipinski definition) is 0. The fraction of sp³-hybridized carbons (Fsp3) is 0.267. The smallest absolute Gasteiger partial charge is 0.246 e. The predicted octanol–water partition coefficient (Wildman–Crippen LogP) is 1.90. The quantitative estimate of drug-likeness (QED) is 0.812. The van der Waals surface area contributed by atoms with Crippen LogP contribution in [0.15, 0.2) is 42.2 Å². The van der Waals surface area contributed by atoms with Crippen LogP contribution in [0.25, 0.3) is 6.08 Å². The highest BCUT2D eigenvalue weighted by Gasteiger charge is 2.20. The molecule has 0 aromatic carbocycles. The van der Waals surface area contributed by atoms with E-state index in [1.54, 1.807) is 29.8 Å². The third-order valence-corrected chi connectivity index (χ3v) is 4.22. The fourth-order valence-electron chi connectivity index (χ4n) is 2.24. The van der Waals surface area contributed by atoms with Crippen LogP contribution in [0.1, 0.15) is 5.56 Å². The molecule has 108 valence electrons. The number of piperazine rings is 1. The summed E-state index contributed by atoms with van der Waals surface area (Å²) in [5.41, 5.74) is 0.937. The van der Waals surface area contributed by atoms with Crippen LogP contribution in [0.3, 0.4) is 0 Å². The van der Waals surface area contributed by atoms with Crippen LogP contribution in [0, 0.1) is 0 Å². The van der Waals surface area contributed by atoms with Gasteiger partial charge >= 0.3 is 0 Å². The number of carbonyl (C=O) groups excluding carboxylic acids is 1. The second kappa shape index (κ2) is 6.49. The summed E-state index contributed by atoms with van der Waals surface area (Å²) < 4.78 is 0. The Morgan fingerprint density at radius 1 is 1.24 bits per heavy atom. The summed E-state index contributed by atoms with van der Waals surface area (Å²) in [4.78, 5) is 24.6. The molecule has 1 saturated heterocycles. The number of amides is 1. The van der Waals surface area contributed by atoms with E-state index >= 15 is 0 Å². The molecule has 0 aliphatic carbocycles. The molecule has 1 amide bonds. The summed E-state index contributed by atoms with van der Waals surface area (Å²) in [5.74, 6) is 0.0534. The van der Waals surface area contributed by atoms with Gasteiger partial charge in [-0.1, -0.05) is 6.07 Å². The molecule has 2 aromatic rings. The number of rotatable bonds is 3. The molecule has 0 atom stereocenters. The van der Waals surface area contributed by atoms with E-state index in [1.165, 1.54) is 0 Å². The van der Waals surface area contributed by atoms with Crippen molar-refractivity contribution >= 4 is 28.5 Å². The van der Waals surface area contributed by atoms with Crippen LogP contribution < -0.4 is 4.90 Å². The summed E-state index contributed by atoms with van der Waals surface area (Å²) in [7, 11) is 0. The average Bonchev–Trinajstić information content (AvgIpc) is 3.08. The molecular formula is C15H16N4OS. The van der Waals surface area contributed by atoms with Crippen LogP contribution >= 0.6 is 11.3 Å². The highest BCUT2D eigenvalue weighted by atomic mass is 32.1. The van der Waals surface area contributed by atoms with Gasteiger partial charge in [0.05, 0.1) is 0 Å². The van der Waals surface area contributed by atoms with Gasteiger partial charge in [0.25, 0.3) is 0 Å². The molecule has 0 N–H and O–H groups in total. The van der Waals surface area contributed by atoms with Gasteiger partial charge in [-0.15, -0.1) is 11.3 Å². The Labute approximate surface area is 127 Å². The minimum atomic E-state index is 0.0534. The van der Waals surface area contributed by atoms with Crippen molar-refractivity contribution in [1.82, 2.24) is 14.9 Å². The Kier molecular flexibility index (Phi) is 4.25. The van der Waals surface area contributed by atoms with E-state index < -0.39 is 0 Å². The number of aromatic nitrogens is 2. The summed E-state index contributed by atoms with van der Waals surface area (Å²) >= 11 is 1.64. The van der Waals surface area contributed by atoms with Gasteiger partial charge in [0, 0.05) is 56.2 Å². The summed E-state index contributed by atoms with van der Waals surface area (Å²) in [6.07, 6.45) is 8.70.